The zero-order valence-corrected chi connectivity index (χ0v) is 14.7. The van der Waals surface area contributed by atoms with Gasteiger partial charge in [0.05, 0.1) is 11.0 Å². The van der Waals surface area contributed by atoms with Gasteiger partial charge in [0.1, 0.15) is 0 Å². The van der Waals surface area contributed by atoms with E-state index in [-0.39, 0.29) is 17.5 Å². The molecule has 1 aliphatic heterocycles. The van der Waals surface area contributed by atoms with Crippen LogP contribution in [0.4, 0.5) is 5.69 Å². The molecule has 26 heavy (non-hydrogen) atoms. The van der Waals surface area contributed by atoms with Crippen LogP contribution in [0.3, 0.4) is 0 Å². The van der Waals surface area contributed by atoms with E-state index in [9.17, 15) is 20.0 Å². The van der Waals surface area contributed by atoms with Gasteiger partial charge in [-0.3, -0.25) is 14.9 Å². The Labute approximate surface area is 152 Å². The first-order valence-corrected chi connectivity index (χ1v) is 8.75. The quantitative estimate of drug-likeness (QED) is 0.673. The molecule has 0 aromatic heterocycles. The molecule has 1 amide bonds. The fourth-order valence-electron chi connectivity index (χ4n) is 3.56. The summed E-state index contributed by atoms with van der Waals surface area (Å²) in [7, 11) is 0. The number of carbonyl (C=O) groups excluding carboxylic acids is 1. The van der Waals surface area contributed by atoms with Gasteiger partial charge in [-0.25, -0.2) is 0 Å². The number of benzene rings is 2. The average Bonchev–Trinajstić information content (AvgIpc) is 2.67. The van der Waals surface area contributed by atoms with Crippen LogP contribution in [0.5, 0.6) is 0 Å². The molecule has 6 nitrogen and oxygen atoms in total. The molecule has 0 aliphatic carbocycles. The summed E-state index contributed by atoms with van der Waals surface area (Å²) in [5, 5.41) is 21.6. The second-order valence-corrected chi connectivity index (χ2v) is 6.69. The third-order valence-electron chi connectivity index (χ3n) is 5.15. The van der Waals surface area contributed by atoms with Crippen LogP contribution >= 0.6 is 0 Å². The van der Waals surface area contributed by atoms with E-state index in [0.29, 0.717) is 37.1 Å². The van der Waals surface area contributed by atoms with Crippen molar-refractivity contribution in [2.75, 3.05) is 13.1 Å². The SMILES string of the molecule is Cc1c(C(=O)N2CCC([C@H](O)c3ccccc3)CC2)cccc1[N+](=O)[O-]. The smallest absolute Gasteiger partial charge is 0.273 e. The van der Waals surface area contributed by atoms with Crippen LogP contribution in [0.15, 0.2) is 48.5 Å². The van der Waals surface area contributed by atoms with Gasteiger partial charge in [-0.1, -0.05) is 36.4 Å². The van der Waals surface area contributed by atoms with Crippen molar-refractivity contribution in [3.63, 3.8) is 0 Å². The number of hydrogen-bond acceptors (Lipinski definition) is 4. The first-order valence-electron chi connectivity index (χ1n) is 8.75. The summed E-state index contributed by atoms with van der Waals surface area (Å²) in [5.74, 6) is -0.0773. The number of piperidine rings is 1. The highest BCUT2D eigenvalue weighted by molar-refractivity contribution is 5.96. The number of nitrogens with zero attached hydrogens (tertiary/aromatic N) is 2. The maximum Gasteiger partial charge on any atom is 0.273 e. The number of amides is 1. The van der Waals surface area contributed by atoms with E-state index in [0.717, 1.165) is 5.56 Å². The Kier molecular flexibility index (Phi) is 5.32. The highest BCUT2D eigenvalue weighted by atomic mass is 16.6. The van der Waals surface area contributed by atoms with E-state index < -0.39 is 11.0 Å². The lowest BCUT2D eigenvalue weighted by Crippen LogP contribution is -2.40. The van der Waals surface area contributed by atoms with Crippen molar-refractivity contribution in [2.24, 2.45) is 5.92 Å². The Morgan fingerprint density at radius 2 is 1.81 bits per heavy atom. The van der Waals surface area contributed by atoms with E-state index in [4.69, 9.17) is 0 Å². The zero-order valence-electron chi connectivity index (χ0n) is 14.7. The fourth-order valence-corrected chi connectivity index (χ4v) is 3.56. The molecule has 2 aromatic carbocycles. The standard InChI is InChI=1S/C20H22N2O4/c1-14-17(8-5-9-18(14)22(25)26)20(24)21-12-10-16(11-13-21)19(23)15-6-3-2-4-7-15/h2-9,16,19,23H,10-13H2,1H3/t19-/m1/s1. The molecule has 3 rings (SSSR count). The van der Waals surface area contributed by atoms with Crippen LogP contribution in [0.25, 0.3) is 0 Å². The van der Waals surface area contributed by atoms with Crippen molar-refractivity contribution in [1.82, 2.24) is 4.90 Å². The third kappa shape index (κ3) is 3.60. The number of nitro groups is 1. The molecule has 1 fully saturated rings. The largest absolute Gasteiger partial charge is 0.388 e. The minimum Gasteiger partial charge on any atom is -0.388 e. The van der Waals surface area contributed by atoms with Gasteiger partial charge in [-0.05, 0) is 37.3 Å². The van der Waals surface area contributed by atoms with Gasteiger partial charge in [-0.15, -0.1) is 0 Å². The molecule has 1 atom stereocenters. The molecule has 0 bridgehead atoms. The Bertz CT molecular complexity index is 799. The number of likely N-dealkylation sites (tertiary alicyclic amines) is 1. The van der Waals surface area contributed by atoms with E-state index in [2.05, 4.69) is 0 Å². The molecule has 1 aliphatic rings. The van der Waals surface area contributed by atoms with Gasteiger partial charge in [0.25, 0.3) is 11.6 Å². The molecule has 2 aromatic rings. The first-order chi connectivity index (χ1) is 12.5. The van der Waals surface area contributed by atoms with Crippen molar-refractivity contribution in [2.45, 2.75) is 25.9 Å². The first kappa shape index (κ1) is 18.1. The normalized spacial score (nSPS) is 16.3. The fraction of sp³-hybridized carbons (Fsp3) is 0.350. The van der Waals surface area contributed by atoms with Crippen LogP contribution in [-0.4, -0.2) is 33.9 Å². The number of nitro benzene ring substituents is 1. The van der Waals surface area contributed by atoms with Crippen molar-refractivity contribution >= 4 is 11.6 Å². The Balaban J connectivity index is 1.68. The summed E-state index contributed by atoms with van der Waals surface area (Å²) in [6.07, 6.45) is 0.874. The lowest BCUT2D eigenvalue weighted by molar-refractivity contribution is -0.385. The molecule has 6 heteroatoms. The molecule has 0 unspecified atom stereocenters. The molecule has 1 N–H and O–H groups in total. The molecule has 1 saturated heterocycles. The van der Waals surface area contributed by atoms with Gasteiger partial charge in [0.15, 0.2) is 0 Å². The van der Waals surface area contributed by atoms with Crippen molar-refractivity contribution in [3.05, 3.63) is 75.3 Å². The highest BCUT2D eigenvalue weighted by Crippen LogP contribution is 2.31. The summed E-state index contributed by atoms with van der Waals surface area (Å²) in [5.41, 5.74) is 1.63. The van der Waals surface area contributed by atoms with E-state index in [1.165, 1.54) is 6.07 Å². The van der Waals surface area contributed by atoms with Gasteiger partial charge in [-0.2, -0.15) is 0 Å². The molecule has 136 valence electrons. The molecule has 0 spiro atoms. The molecular weight excluding hydrogens is 332 g/mol. The predicted molar refractivity (Wildman–Crippen MR) is 97.9 cm³/mol. The van der Waals surface area contributed by atoms with Gasteiger partial charge in [0.2, 0.25) is 0 Å². The lowest BCUT2D eigenvalue weighted by atomic mass is 9.87. The summed E-state index contributed by atoms with van der Waals surface area (Å²) < 4.78 is 0. The number of rotatable bonds is 4. The zero-order chi connectivity index (χ0) is 18.7. The summed E-state index contributed by atoms with van der Waals surface area (Å²) in [6.45, 7) is 2.68. The van der Waals surface area contributed by atoms with Crippen molar-refractivity contribution in [1.29, 1.82) is 0 Å². The van der Waals surface area contributed by atoms with Crippen LogP contribution < -0.4 is 0 Å². The van der Waals surface area contributed by atoms with Gasteiger partial charge < -0.3 is 10.0 Å². The van der Waals surface area contributed by atoms with Gasteiger partial charge >= 0.3 is 0 Å². The Morgan fingerprint density at radius 1 is 1.15 bits per heavy atom. The van der Waals surface area contributed by atoms with Crippen molar-refractivity contribution < 1.29 is 14.8 Å². The second kappa shape index (κ2) is 7.66. The number of aliphatic hydroxyl groups is 1. The Hall–Kier alpha value is -2.73. The minimum absolute atomic E-state index is 0.0368. The maximum atomic E-state index is 12.8. The second-order valence-electron chi connectivity index (χ2n) is 6.69. The van der Waals surface area contributed by atoms with Crippen LogP contribution in [0.2, 0.25) is 0 Å². The lowest BCUT2D eigenvalue weighted by Gasteiger charge is -2.34. The summed E-state index contributed by atoms with van der Waals surface area (Å²) in [6, 6.07) is 14.1. The van der Waals surface area contributed by atoms with Crippen LogP contribution in [0, 0.1) is 23.0 Å². The molecule has 0 radical (unpaired) electrons. The van der Waals surface area contributed by atoms with E-state index >= 15 is 0 Å². The van der Waals surface area contributed by atoms with E-state index in [1.807, 2.05) is 30.3 Å². The summed E-state index contributed by atoms with van der Waals surface area (Å²) in [4.78, 5) is 25.1. The van der Waals surface area contributed by atoms with Crippen LogP contribution in [-0.2, 0) is 0 Å². The van der Waals surface area contributed by atoms with E-state index in [1.54, 1.807) is 24.0 Å². The minimum atomic E-state index is -0.534. The monoisotopic (exact) mass is 354 g/mol. The number of hydrogen-bond donors (Lipinski definition) is 1. The highest BCUT2D eigenvalue weighted by Gasteiger charge is 2.30. The maximum absolute atomic E-state index is 12.8. The van der Waals surface area contributed by atoms with Crippen molar-refractivity contribution in [3.8, 4) is 0 Å². The third-order valence-corrected chi connectivity index (χ3v) is 5.15. The molecule has 1 heterocycles. The average molecular weight is 354 g/mol. The number of carbonyl (C=O) groups is 1. The van der Waals surface area contributed by atoms with Crippen LogP contribution in [0.1, 0.15) is 40.4 Å². The number of aliphatic hydroxyl groups excluding tert-OH is 1. The molecule has 0 saturated carbocycles. The van der Waals surface area contributed by atoms with Gasteiger partial charge in [0, 0.05) is 30.3 Å². The molecular formula is C20H22N2O4. The summed E-state index contributed by atoms with van der Waals surface area (Å²) >= 11 is 0. The Morgan fingerprint density at radius 3 is 2.42 bits per heavy atom. The topological polar surface area (TPSA) is 83.7 Å². The predicted octanol–water partition coefficient (Wildman–Crippen LogP) is 3.49.